The monoisotopic (exact) mass is 470 g/mol. The number of rotatable bonds is 9. The van der Waals surface area contributed by atoms with E-state index in [0.29, 0.717) is 17.4 Å². The SMILES string of the molecule is CCCC[C@@H]1C[C@H]1[C@@H](NS(=O)(=O)c1cccc2cccnc12)c1ccc(-c2ccccc2)cc1. The molecule has 0 saturated heterocycles. The highest BCUT2D eigenvalue weighted by Gasteiger charge is 2.44. The smallest absolute Gasteiger partial charge is 0.243 e. The molecule has 1 saturated carbocycles. The van der Waals surface area contributed by atoms with E-state index in [9.17, 15) is 8.42 Å². The summed E-state index contributed by atoms with van der Waals surface area (Å²) in [6, 6.07) is 27.4. The van der Waals surface area contributed by atoms with Gasteiger partial charge in [0.15, 0.2) is 0 Å². The van der Waals surface area contributed by atoms with Gasteiger partial charge >= 0.3 is 0 Å². The predicted molar refractivity (Wildman–Crippen MR) is 138 cm³/mol. The molecule has 0 radical (unpaired) electrons. The number of hydrogen-bond acceptors (Lipinski definition) is 3. The van der Waals surface area contributed by atoms with Crippen molar-refractivity contribution in [1.29, 1.82) is 0 Å². The fraction of sp³-hybridized carbons (Fsp3) is 0.276. The van der Waals surface area contributed by atoms with Gasteiger partial charge in [-0.1, -0.05) is 99.0 Å². The highest BCUT2D eigenvalue weighted by molar-refractivity contribution is 7.89. The molecule has 5 heteroatoms. The molecule has 3 aromatic carbocycles. The van der Waals surface area contributed by atoms with E-state index >= 15 is 0 Å². The zero-order valence-corrected chi connectivity index (χ0v) is 20.2. The Morgan fingerprint density at radius 1 is 0.912 bits per heavy atom. The highest BCUT2D eigenvalue weighted by atomic mass is 32.2. The first kappa shape index (κ1) is 22.8. The van der Waals surface area contributed by atoms with Crippen LogP contribution in [0.15, 0.2) is 96.0 Å². The maximum Gasteiger partial charge on any atom is 0.243 e. The molecule has 1 aliphatic rings. The van der Waals surface area contributed by atoms with Crippen LogP contribution in [0.2, 0.25) is 0 Å². The Bertz CT molecular complexity index is 1360. The van der Waals surface area contributed by atoms with Gasteiger partial charge in [0.2, 0.25) is 10.0 Å². The van der Waals surface area contributed by atoms with E-state index in [2.05, 4.69) is 53.0 Å². The molecule has 4 aromatic rings. The molecule has 1 heterocycles. The second-order valence-electron chi connectivity index (χ2n) is 9.22. The Labute approximate surface area is 202 Å². The maximum absolute atomic E-state index is 13.6. The summed E-state index contributed by atoms with van der Waals surface area (Å²) in [5.41, 5.74) is 3.80. The second kappa shape index (κ2) is 9.69. The van der Waals surface area contributed by atoms with Crippen LogP contribution in [-0.2, 0) is 10.0 Å². The minimum Gasteiger partial charge on any atom is -0.255 e. The summed E-state index contributed by atoms with van der Waals surface area (Å²) in [6.45, 7) is 2.20. The van der Waals surface area contributed by atoms with Gasteiger partial charge in [0.25, 0.3) is 0 Å². The Morgan fingerprint density at radius 3 is 2.41 bits per heavy atom. The average Bonchev–Trinajstić information content (AvgIpc) is 3.66. The lowest BCUT2D eigenvalue weighted by atomic mass is 9.97. The van der Waals surface area contributed by atoms with Gasteiger partial charge in [-0.3, -0.25) is 4.98 Å². The predicted octanol–water partition coefficient (Wildman–Crippen LogP) is 6.75. The lowest BCUT2D eigenvalue weighted by Gasteiger charge is -2.21. The summed E-state index contributed by atoms with van der Waals surface area (Å²) >= 11 is 0. The molecule has 4 nitrogen and oxygen atoms in total. The molecule has 3 atom stereocenters. The molecular weight excluding hydrogens is 440 g/mol. The molecule has 34 heavy (non-hydrogen) atoms. The van der Waals surface area contributed by atoms with Crippen LogP contribution in [0.1, 0.15) is 44.2 Å². The van der Waals surface area contributed by atoms with Crippen molar-refractivity contribution in [3.8, 4) is 11.1 Å². The lowest BCUT2D eigenvalue weighted by molar-refractivity contribution is 0.491. The van der Waals surface area contributed by atoms with E-state index in [0.717, 1.165) is 41.3 Å². The number of benzene rings is 3. The highest BCUT2D eigenvalue weighted by Crippen LogP contribution is 2.50. The van der Waals surface area contributed by atoms with Crippen LogP contribution >= 0.6 is 0 Å². The Morgan fingerprint density at radius 2 is 1.65 bits per heavy atom. The molecule has 0 amide bonds. The standard InChI is InChI=1S/C29H30N2O2S/c1-2-3-9-25-20-26(25)28(24-17-15-22(16-18-24)21-10-5-4-6-11-21)31-34(32,33)27-14-7-12-23-13-8-19-30-29(23)27/h4-8,10-19,25-26,28,31H,2-3,9,20H2,1H3/t25-,26-,28+/m1/s1. The Kier molecular flexibility index (Phi) is 6.48. The topological polar surface area (TPSA) is 59.1 Å². The largest absolute Gasteiger partial charge is 0.255 e. The average molecular weight is 471 g/mol. The number of nitrogens with zero attached hydrogens (tertiary/aromatic N) is 1. The van der Waals surface area contributed by atoms with Crippen molar-refractivity contribution in [2.45, 2.75) is 43.5 Å². The first-order valence-corrected chi connectivity index (χ1v) is 13.6. The molecular formula is C29H30N2O2S. The molecule has 0 bridgehead atoms. The van der Waals surface area contributed by atoms with Crippen LogP contribution in [0, 0.1) is 11.8 Å². The summed E-state index contributed by atoms with van der Waals surface area (Å²) < 4.78 is 30.3. The van der Waals surface area contributed by atoms with E-state index in [4.69, 9.17) is 0 Å². The second-order valence-corrected chi connectivity index (χ2v) is 10.9. The third-order valence-electron chi connectivity index (χ3n) is 6.88. The lowest BCUT2D eigenvalue weighted by Crippen LogP contribution is -2.30. The third-order valence-corrected chi connectivity index (χ3v) is 8.35. The quantitative estimate of drug-likeness (QED) is 0.294. The van der Waals surface area contributed by atoms with E-state index in [-0.39, 0.29) is 10.9 Å². The number of aromatic nitrogens is 1. The number of pyridine rings is 1. The van der Waals surface area contributed by atoms with Crippen LogP contribution in [0.25, 0.3) is 22.0 Å². The minimum absolute atomic E-state index is 0.238. The number of hydrogen-bond donors (Lipinski definition) is 1. The Balaban J connectivity index is 1.47. The number of unbranched alkanes of at least 4 members (excludes halogenated alkanes) is 1. The zero-order chi connectivity index (χ0) is 23.5. The van der Waals surface area contributed by atoms with Crippen molar-refractivity contribution in [3.63, 3.8) is 0 Å². The van der Waals surface area contributed by atoms with Gasteiger partial charge in [0.05, 0.1) is 11.6 Å². The molecule has 1 N–H and O–H groups in total. The number of fused-ring (bicyclic) bond motifs is 1. The van der Waals surface area contributed by atoms with E-state index < -0.39 is 10.0 Å². The van der Waals surface area contributed by atoms with Crippen molar-refractivity contribution < 1.29 is 8.42 Å². The van der Waals surface area contributed by atoms with E-state index in [1.807, 2.05) is 36.4 Å². The van der Waals surface area contributed by atoms with Crippen molar-refractivity contribution in [3.05, 3.63) is 96.7 Å². The number of sulfonamides is 1. The van der Waals surface area contributed by atoms with Crippen molar-refractivity contribution >= 4 is 20.9 Å². The van der Waals surface area contributed by atoms with Gasteiger partial charge in [-0.05, 0) is 47.1 Å². The van der Waals surface area contributed by atoms with Gasteiger partial charge < -0.3 is 0 Å². The normalized spacial score (nSPS) is 18.6. The van der Waals surface area contributed by atoms with Gasteiger partial charge in [-0.25, -0.2) is 13.1 Å². The fourth-order valence-corrected chi connectivity index (χ4v) is 6.37. The van der Waals surface area contributed by atoms with Crippen LogP contribution in [0.4, 0.5) is 0 Å². The summed E-state index contributed by atoms with van der Waals surface area (Å²) in [4.78, 5) is 4.61. The third kappa shape index (κ3) is 4.77. The van der Waals surface area contributed by atoms with Crippen molar-refractivity contribution in [2.24, 2.45) is 11.8 Å². The summed E-state index contributed by atoms with van der Waals surface area (Å²) in [5, 5.41) is 0.821. The van der Waals surface area contributed by atoms with Gasteiger partial charge in [0, 0.05) is 11.6 Å². The molecule has 174 valence electrons. The van der Waals surface area contributed by atoms with Crippen LogP contribution in [-0.4, -0.2) is 13.4 Å². The molecule has 0 aliphatic heterocycles. The number of para-hydroxylation sites is 1. The first-order valence-electron chi connectivity index (χ1n) is 12.1. The fourth-order valence-electron chi connectivity index (χ4n) is 4.92. The molecule has 1 aromatic heterocycles. The molecule has 5 rings (SSSR count). The van der Waals surface area contributed by atoms with Crippen LogP contribution in [0.3, 0.4) is 0 Å². The van der Waals surface area contributed by atoms with Gasteiger partial charge in [0.1, 0.15) is 4.90 Å². The molecule has 0 spiro atoms. The summed E-state index contributed by atoms with van der Waals surface area (Å²) in [7, 11) is -3.76. The summed E-state index contributed by atoms with van der Waals surface area (Å²) in [5.74, 6) is 0.874. The van der Waals surface area contributed by atoms with Gasteiger partial charge in [-0.2, -0.15) is 0 Å². The molecule has 0 unspecified atom stereocenters. The zero-order valence-electron chi connectivity index (χ0n) is 19.4. The molecule has 1 fully saturated rings. The maximum atomic E-state index is 13.6. The van der Waals surface area contributed by atoms with Crippen molar-refractivity contribution in [1.82, 2.24) is 9.71 Å². The van der Waals surface area contributed by atoms with Gasteiger partial charge in [-0.15, -0.1) is 0 Å². The van der Waals surface area contributed by atoms with E-state index in [1.165, 1.54) is 6.42 Å². The van der Waals surface area contributed by atoms with Crippen LogP contribution < -0.4 is 4.72 Å². The first-order chi connectivity index (χ1) is 16.6. The molecule has 1 aliphatic carbocycles. The van der Waals surface area contributed by atoms with Crippen molar-refractivity contribution in [2.75, 3.05) is 0 Å². The number of nitrogens with one attached hydrogen (secondary N) is 1. The summed E-state index contributed by atoms with van der Waals surface area (Å²) in [6.07, 6.45) is 6.19. The van der Waals surface area contributed by atoms with Crippen LogP contribution in [0.5, 0.6) is 0 Å². The minimum atomic E-state index is -3.76. The Hall–Kier alpha value is -3.02. The van der Waals surface area contributed by atoms with E-state index in [1.54, 1.807) is 18.3 Å².